The molecular weight excluding hydrogens is 332 g/mol. The third-order valence-electron chi connectivity index (χ3n) is 5.68. The standard InChI is InChI=1S/C19H18N4O3/c1-10-6-15-16(7-14(20-21-15)11-4-2-3-5-17(11)24)23(10)18-12-8-22(19(25)26)9-13(12)18/h2-7,12-13,18,24H,8-9H2,1H3,(H,25,26)/t12-,13+,18?. The molecule has 1 aromatic carbocycles. The Balaban J connectivity index is 1.55. The zero-order valence-corrected chi connectivity index (χ0v) is 14.2. The molecule has 2 fully saturated rings. The molecule has 0 spiro atoms. The van der Waals surface area contributed by atoms with Crippen LogP contribution in [0.1, 0.15) is 11.7 Å². The van der Waals surface area contributed by atoms with E-state index in [-0.39, 0.29) is 5.75 Å². The molecule has 1 amide bonds. The number of nitrogens with zero attached hydrogens (tertiary/aromatic N) is 4. The van der Waals surface area contributed by atoms with Gasteiger partial charge in [-0.2, -0.15) is 0 Å². The van der Waals surface area contributed by atoms with Crippen molar-refractivity contribution in [3.63, 3.8) is 0 Å². The van der Waals surface area contributed by atoms with Crippen LogP contribution >= 0.6 is 0 Å². The minimum atomic E-state index is -0.835. The van der Waals surface area contributed by atoms with Gasteiger partial charge in [-0.05, 0) is 31.2 Å². The molecule has 3 atom stereocenters. The fourth-order valence-electron chi connectivity index (χ4n) is 4.40. The Labute approximate surface area is 149 Å². The Kier molecular flexibility index (Phi) is 3.04. The summed E-state index contributed by atoms with van der Waals surface area (Å²) in [6.45, 7) is 3.23. The van der Waals surface area contributed by atoms with E-state index in [4.69, 9.17) is 5.11 Å². The number of aryl methyl sites for hydroxylation is 1. The van der Waals surface area contributed by atoms with Gasteiger partial charge in [0.2, 0.25) is 0 Å². The second kappa shape index (κ2) is 5.20. The topological polar surface area (TPSA) is 91.5 Å². The first-order valence-electron chi connectivity index (χ1n) is 8.66. The van der Waals surface area contributed by atoms with Crippen molar-refractivity contribution in [2.24, 2.45) is 11.8 Å². The maximum absolute atomic E-state index is 11.2. The Morgan fingerprint density at radius 2 is 1.88 bits per heavy atom. The lowest BCUT2D eigenvalue weighted by Crippen LogP contribution is -2.30. The van der Waals surface area contributed by atoms with E-state index in [1.54, 1.807) is 12.1 Å². The average molecular weight is 350 g/mol. The summed E-state index contributed by atoms with van der Waals surface area (Å²) >= 11 is 0. The highest BCUT2D eigenvalue weighted by Crippen LogP contribution is 2.56. The number of phenols is 1. The van der Waals surface area contributed by atoms with E-state index in [0.29, 0.717) is 42.2 Å². The molecule has 1 unspecified atom stereocenters. The number of benzene rings is 1. The number of rotatable bonds is 2. The number of carboxylic acid groups (broad SMARTS) is 1. The predicted octanol–water partition coefficient (Wildman–Crippen LogP) is 2.89. The fraction of sp³-hybridized carbons (Fsp3) is 0.316. The monoisotopic (exact) mass is 350 g/mol. The lowest BCUT2D eigenvalue weighted by atomic mass is 10.1. The summed E-state index contributed by atoms with van der Waals surface area (Å²) in [5.41, 5.74) is 4.19. The highest BCUT2D eigenvalue weighted by Gasteiger charge is 2.58. The van der Waals surface area contributed by atoms with E-state index in [1.807, 2.05) is 31.2 Å². The molecule has 3 aromatic rings. The molecule has 2 aromatic heterocycles. The van der Waals surface area contributed by atoms with Gasteiger partial charge in [0.15, 0.2) is 0 Å². The second-order valence-corrected chi connectivity index (χ2v) is 7.18. The van der Waals surface area contributed by atoms with Crippen LogP contribution in [0.3, 0.4) is 0 Å². The lowest BCUT2D eigenvalue weighted by Gasteiger charge is -2.18. The Morgan fingerprint density at radius 3 is 2.58 bits per heavy atom. The third kappa shape index (κ3) is 2.09. The molecule has 1 aliphatic carbocycles. The number of piperidine rings is 1. The largest absolute Gasteiger partial charge is 0.507 e. The minimum Gasteiger partial charge on any atom is -0.507 e. The second-order valence-electron chi connectivity index (χ2n) is 7.18. The zero-order valence-electron chi connectivity index (χ0n) is 14.2. The normalized spacial score (nSPS) is 24.0. The van der Waals surface area contributed by atoms with Crippen molar-refractivity contribution < 1.29 is 15.0 Å². The summed E-state index contributed by atoms with van der Waals surface area (Å²) < 4.78 is 2.27. The van der Waals surface area contributed by atoms with Gasteiger partial charge in [0.25, 0.3) is 0 Å². The molecule has 0 radical (unpaired) electrons. The number of aromatic hydroxyl groups is 1. The molecular formula is C19H18N4O3. The zero-order chi connectivity index (χ0) is 18.0. The molecule has 1 aliphatic heterocycles. The number of phenolic OH excluding ortho intramolecular Hbond substituents is 1. The van der Waals surface area contributed by atoms with Crippen LogP contribution < -0.4 is 0 Å². The number of amides is 1. The smallest absolute Gasteiger partial charge is 0.407 e. The van der Waals surface area contributed by atoms with E-state index < -0.39 is 6.09 Å². The Bertz CT molecular complexity index is 1030. The van der Waals surface area contributed by atoms with Crippen molar-refractivity contribution in [2.75, 3.05) is 13.1 Å². The average Bonchev–Trinajstić information content (AvgIpc) is 2.97. The van der Waals surface area contributed by atoms with Gasteiger partial charge < -0.3 is 19.7 Å². The number of likely N-dealkylation sites (tertiary alicyclic amines) is 1. The molecule has 0 bridgehead atoms. The summed E-state index contributed by atoms with van der Waals surface area (Å²) in [5, 5.41) is 27.9. The van der Waals surface area contributed by atoms with Gasteiger partial charge >= 0.3 is 6.09 Å². The van der Waals surface area contributed by atoms with Crippen molar-refractivity contribution >= 4 is 17.1 Å². The number of para-hydroxylation sites is 1. The predicted molar refractivity (Wildman–Crippen MR) is 95.0 cm³/mol. The van der Waals surface area contributed by atoms with Crippen LogP contribution in [0, 0.1) is 18.8 Å². The van der Waals surface area contributed by atoms with Crippen LogP contribution in [0.2, 0.25) is 0 Å². The van der Waals surface area contributed by atoms with Gasteiger partial charge in [0.1, 0.15) is 11.3 Å². The summed E-state index contributed by atoms with van der Waals surface area (Å²) in [5.74, 6) is 0.903. The first kappa shape index (κ1) is 15.2. The molecule has 3 heterocycles. The molecule has 2 N–H and O–H groups in total. The quantitative estimate of drug-likeness (QED) is 0.741. The van der Waals surface area contributed by atoms with E-state index in [1.165, 1.54) is 4.90 Å². The first-order valence-corrected chi connectivity index (χ1v) is 8.66. The molecule has 5 rings (SSSR count). The highest BCUT2D eigenvalue weighted by atomic mass is 16.4. The van der Waals surface area contributed by atoms with Crippen molar-refractivity contribution in [1.29, 1.82) is 0 Å². The van der Waals surface area contributed by atoms with Crippen LogP contribution in [0.15, 0.2) is 36.4 Å². The number of carbonyl (C=O) groups is 1. The number of hydrogen-bond donors (Lipinski definition) is 2. The fourth-order valence-corrected chi connectivity index (χ4v) is 4.40. The number of aromatic nitrogens is 3. The molecule has 1 saturated heterocycles. The number of fused-ring (bicyclic) bond motifs is 2. The van der Waals surface area contributed by atoms with Crippen molar-refractivity contribution in [3.05, 3.63) is 42.1 Å². The van der Waals surface area contributed by atoms with Gasteiger partial charge in [-0.1, -0.05) is 12.1 Å². The van der Waals surface area contributed by atoms with Crippen LogP contribution in [-0.4, -0.2) is 49.1 Å². The molecule has 1 saturated carbocycles. The van der Waals surface area contributed by atoms with Gasteiger partial charge in [0.05, 0.1) is 11.2 Å². The highest BCUT2D eigenvalue weighted by molar-refractivity contribution is 5.82. The van der Waals surface area contributed by atoms with Crippen LogP contribution in [0.25, 0.3) is 22.3 Å². The summed E-state index contributed by atoms with van der Waals surface area (Å²) in [6, 6.07) is 11.4. The summed E-state index contributed by atoms with van der Waals surface area (Å²) in [6.07, 6.45) is -0.835. The molecule has 2 aliphatic rings. The molecule has 7 nitrogen and oxygen atoms in total. The van der Waals surface area contributed by atoms with Gasteiger partial charge in [-0.15, -0.1) is 10.2 Å². The molecule has 26 heavy (non-hydrogen) atoms. The van der Waals surface area contributed by atoms with E-state index in [9.17, 15) is 9.90 Å². The van der Waals surface area contributed by atoms with Crippen LogP contribution in [0.4, 0.5) is 4.79 Å². The van der Waals surface area contributed by atoms with Crippen LogP contribution in [0.5, 0.6) is 5.75 Å². The van der Waals surface area contributed by atoms with E-state index >= 15 is 0 Å². The van der Waals surface area contributed by atoms with Gasteiger partial charge in [-0.3, -0.25) is 0 Å². The lowest BCUT2D eigenvalue weighted by molar-refractivity contribution is 0.148. The minimum absolute atomic E-state index is 0.177. The maximum Gasteiger partial charge on any atom is 0.407 e. The SMILES string of the molecule is Cc1cc2nnc(-c3ccccc3O)cc2n1C1[C@H]2CN(C(=O)O)C[C@@H]12. The van der Waals surface area contributed by atoms with E-state index in [2.05, 4.69) is 14.8 Å². The Hall–Kier alpha value is -3.09. The van der Waals surface area contributed by atoms with Crippen molar-refractivity contribution in [2.45, 2.75) is 13.0 Å². The number of hydrogen-bond acceptors (Lipinski definition) is 4. The van der Waals surface area contributed by atoms with Crippen molar-refractivity contribution in [1.82, 2.24) is 19.7 Å². The summed E-state index contributed by atoms with van der Waals surface area (Å²) in [4.78, 5) is 12.7. The maximum atomic E-state index is 11.2. The first-order chi connectivity index (χ1) is 12.5. The van der Waals surface area contributed by atoms with E-state index in [0.717, 1.165) is 16.7 Å². The Morgan fingerprint density at radius 1 is 1.15 bits per heavy atom. The van der Waals surface area contributed by atoms with Crippen LogP contribution in [-0.2, 0) is 0 Å². The summed E-state index contributed by atoms with van der Waals surface area (Å²) in [7, 11) is 0. The van der Waals surface area contributed by atoms with Gasteiger partial charge in [0, 0.05) is 42.2 Å². The van der Waals surface area contributed by atoms with Gasteiger partial charge in [-0.25, -0.2) is 4.79 Å². The van der Waals surface area contributed by atoms with Crippen molar-refractivity contribution in [3.8, 4) is 17.0 Å². The third-order valence-corrected chi connectivity index (χ3v) is 5.68. The molecule has 7 heteroatoms. The molecule has 132 valence electrons.